The second-order valence-corrected chi connectivity index (χ2v) is 6.09. The van der Waals surface area contributed by atoms with Crippen LogP contribution in [-0.4, -0.2) is 14.5 Å². The van der Waals surface area contributed by atoms with Crippen LogP contribution >= 0.6 is 11.3 Å². The molecule has 0 spiro atoms. The summed E-state index contributed by atoms with van der Waals surface area (Å²) < 4.78 is 2.06. The Balaban J connectivity index is 2.28. The van der Waals surface area contributed by atoms with Gasteiger partial charge in [-0.1, -0.05) is 6.07 Å². The molecule has 0 saturated heterocycles. The smallest absolute Gasteiger partial charge is 0.202 e. The van der Waals surface area contributed by atoms with Crippen molar-refractivity contribution in [3.8, 4) is 0 Å². The van der Waals surface area contributed by atoms with Gasteiger partial charge in [0.25, 0.3) is 0 Å². The first-order valence-corrected chi connectivity index (χ1v) is 7.03. The minimum absolute atomic E-state index is 0.303. The second kappa shape index (κ2) is 4.06. The van der Waals surface area contributed by atoms with Gasteiger partial charge < -0.3 is 5.73 Å². The molecule has 0 saturated carbocycles. The van der Waals surface area contributed by atoms with Crippen molar-refractivity contribution in [2.24, 2.45) is 0 Å². The fourth-order valence-corrected chi connectivity index (χ4v) is 3.17. The van der Waals surface area contributed by atoms with E-state index in [4.69, 9.17) is 5.73 Å². The van der Waals surface area contributed by atoms with E-state index in [1.165, 1.54) is 5.56 Å². The molecule has 0 unspecified atom stereocenters. The highest BCUT2D eigenvalue weighted by Gasteiger charge is 2.29. The van der Waals surface area contributed by atoms with Gasteiger partial charge in [0.05, 0.1) is 16.6 Å². The predicted octanol–water partition coefficient (Wildman–Crippen LogP) is 3.17. The van der Waals surface area contributed by atoms with E-state index >= 15 is 0 Å². The van der Waals surface area contributed by atoms with Crippen LogP contribution in [0.3, 0.4) is 0 Å². The molecule has 2 N–H and O–H groups in total. The standard InChI is InChI=1S/C14H16N4S/c1-9-4-5-11-10(8-9)17-13(15)18(11)14(2,3)12-16-6-7-19-12/h4-8H,1-3H3,(H2,15,17). The van der Waals surface area contributed by atoms with E-state index in [1.54, 1.807) is 11.3 Å². The maximum atomic E-state index is 6.12. The maximum Gasteiger partial charge on any atom is 0.202 e. The molecule has 3 rings (SSSR count). The number of anilines is 1. The number of imidazole rings is 1. The Bertz CT molecular complexity index is 725. The highest BCUT2D eigenvalue weighted by atomic mass is 32.1. The summed E-state index contributed by atoms with van der Waals surface area (Å²) in [4.78, 5) is 8.89. The van der Waals surface area contributed by atoms with E-state index in [-0.39, 0.29) is 5.54 Å². The lowest BCUT2D eigenvalue weighted by Crippen LogP contribution is -2.28. The van der Waals surface area contributed by atoms with Crippen molar-refractivity contribution in [1.29, 1.82) is 0 Å². The number of nitrogens with zero attached hydrogens (tertiary/aromatic N) is 3. The van der Waals surface area contributed by atoms with Crippen LogP contribution in [0, 0.1) is 6.92 Å². The van der Waals surface area contributed by atoms with Crippen LogP contribution in [0.5, 0.6) is 0 Å². The van der Waals surface area contributed by atoms with Gasteiger partial charge in [-0.25, -0.2) is 9.97 Å². The van der Waals surface area contributed by atoms with Crippen molar-refractivity contribution in [3.63, 3.8) is 0 Å². The molecule has 19 heavy (non-hydrogen) atoms. The summed E-state index contributed by atoms with van der Waals surface area (Å²) in [6.07, 6.45) is 1.82. The van der Waals surface area contributed by atoms with Gasteiger partial charge in [-0.15, -0.1) is 11.3 Å². The molecular formula is C14H16N4S. The summed E-state index contributed by atoms with van der Waals surface area (Å²) in [7, 11) is 0. The summed E-state index contributed by atoms with van der Waals surface area (Å²) >= 11 is 1.63. The van der Waals surface area contributed by atoms with Gasteiger partial charge in [-0.3, -0.25) is 4.57 Å². The van der Waals surface area contributed by atoms with Crippen LogP contribution in [0.25, 0.3) is 11.0 Å². The van der Waals surface area contributed by atoms with Crippen LogP contribution in [0.1, 0.15) is 24.4 Å². The van der Waals surface area contributed by atoms with Gasteiger partial charge in [0.1, 0.15) is 5.01 Å². The Morgan fingerprint density at radius 1 is 1.32 bits per heavy atom. The topological polar surface area (TPSA) is 56.7 Å². The second-order valence-electron chi connectivity index (χ2n) is 5.19. The normalized spacial score (nSPS) is 12.2. The third-order valence-corrected chi connectivity index (χ3v) is 4.44. The average Bonchev–Trinajstić information content (AvgIpc) is 2.94. The molecule has 0 amide bonds. The van der Waals surface area contributed by atoms with Crippen LogP contribution in [0.15, 0.2) is 29.8 Å². The molecule has 0 radical (unpaired) electrons. The number of fused-ring (bicyclic) bond motifs is 1. The first-order valence-electron chi connectivity index (χ1n) is 6.15. The molecular weight excluding hydrogens is 256 g/mol. The van der Waals surface area contributed by atoms with E-state index in [9.17, 15) is 0 Å². The number of aromatic nitrogens is 3. The largest absolute Gasteiger partial charge is 0.369 e. The van der Waals surface area contributed by atoms with Crippen molar-refractivity contribution in [3.05, 3.63) is 40.3 Å². The molecule has 1 aromatic carbocycles. The number of thiazole rings is 1. The highest BCUT2D eigenvalue weighted by Crippen LogP contribution is 2.33. The quantitative estimate of drug-likeness (QED) is 0.779. The van der Waals surface area contributed by atoms with Crippen LogP contribution in [0.4, 0.5) is 5.95 Å². The fraction of sp³-hybridized carbons (Fsp3) is 0.286. The van der Waals surface area contributed by atoms with E-state index in [1.807, 2.05) is 11.6 Å². The van der Waals surface area contributed by atoms with E-state index in [2.05, 4.69) is 53.5 Å². The lowest BCUT2D eigenvalue weighted by atomic mass is 10.1. The maximum absolute atomic E-state index is 6.12. The van der Waals surface area contributed by atoms with Crippen molar-refractivity contribution >= 4 is 28.3 Å². The number of hydrogen-bond donors (Lipinski definition) is 1. The lowest BCUT2D eigenvalue weighted by molar-refractivity contribution is 0.452. The number of nitrogens with two attached hydrogens (primary N) is 1. The number of hydrogen-bond acceptors (Lipinski definition) is 4. The zero-order valence-electron chi connectivity index (χ0n) is 11.2. The summed E-state index contributed by atoms with van der Waals surface area (Å²) in [6, 6.07) is 6.21. The number of aryl methyl sites for hydroxylation is 1. The zero-order valence-corrected chi connectivity index (χ0v) is 12.0. The van der Waals surface area contributed by atoms with Gasteiger partial charge >= 0.3 is 0 Å². The summed E-state index contributed by atoms with van der Waals surface area (Å²) in [5, 5.41) is 3.01. The molecule has 0 aliphatic rings. The Hall–Kier alpha value is -1.88. The average molecular weight is 272 g/mol. The number of nitrogen functional groups attached to an aromatic ring is 1. The SMILES string of the molecule is Cc1ccc2c(c1)nc(N)n2C(C)(C)c1nccs1. The van der Waals surface area contributed by atoms with Crippen molar-refractivity contribution in [2.45, 2.75) is 26.3 Å². The number of rotatable bonds is 2. The molecule has 0 atom stereocenters. The molecule has 0 fully saturated rings. The van der Waals surface area contributed by atoms with Gasteiger partial charge in [-0.05, 0) is 38.5 Å². The Kier molecular flexibility index (Phi) is 2.60. The molecule has 0 bridgehead atoms. The van der Waals surface area contributed by atoms with Crippen LogP contribution in [0.2, 0.25) is 0 Å². The Morgan fingerprint density at radius 3 is 2.79 bits per heavy atom. The molecule has 0 aliphatic carbocycles. The zero-order chi connectivity index (χ0) is 13.6. The molecule has 98 valence electrons. The third kappa shape index (κ3) is 1.81. The monoisotopic (exact) mass is 272 g/mol. The Morgan fingerprint density at radius 2 is 2.11 bits per heavy atom. The summed E-state index contributed by atoms with van der Waals surface area (Å²) in [5.41, 5.74) is 8.98. The van der Waals surface area contributed by atoms with Gasteiger partial charge in [-0.2, -0.15) is 0 Å². The minimum atomic E-state index is -0.303. The third-order valence-electron chi connectivity index (χ3n) is 3.35. The molecule has 0 aliphatic heterocycles. The fourth-order valence-electron chi connectivity index (χ4n) is 2.42. The molecule has 2 heterocycles. The first-order chi connectivity index (χ1) is 9.00. The Labute approximate surface area is 115 Å². The number of benzene rings is 1. The van der Waals surface area contributed by atoms with Crippen LogP contribution < -0.4 is 5.73 Å². The van der Waals surface area contributed by atoms with E-state index in [0.29, 0.717) is 5.95 Å². The highest BCUT2D eigenvalue weighted by molar-refractivity contribution is 7.09. The van der Waals surface area contributed by atoms with Crippen LogP contribution in [-0.2, 0) is 5.54 Å². The minimum Gasteiger partial charge on any atom is -0.369 e. The molecule has 4 nitrogen and oxygen atoms in total. The lowest BCUT2D eigenvalue weighted by Gasteiger charge is -2.26. The molecule has 3 aromatic rings. The van der Waals surface area contributed by atoms with Crippen molar-refractivity contribution < 1.29 is 0 Å². The van der Waals surface area contributed by atoms with Crippen molar-refractivity contribution in [1.82, 2.24) is 14.5 Å². The first kappa shape index (κ1) is 12.2. The molecule has 5 heteroatoms. The summed E-state index contributed by atoms with van der Waals surface area (Å²) in [5.74, 6) is 0.529. The van der Waals surface area contributed by atoms with E-state index < -0.39 is 0 Å². The van der Waals surface area contributed by atoms with Gasteiger partial charge in [0, 0.05) is 11.6 Å². The van der Waals surface area contributed by atoms with E-state index in [0.717, 1.165) is 16.0 Å². The van der Waals surface area contributed by atoms with Gasteiger partial charge in [0.2, 0.25) is 5.95 Å². The van der Waals surface area contributed by atoms with Gasteiger partial charge in [0.15, 0.2) is 0 Å². The molecule has 2 aromatic heterocycles. The van der Waals surface area contributed by atoms with Crippen molar-refractivity contribution in [2.75, 3.05) is 5.73 Å². The summed E-state index contributed by atoms with van der Waals surface area (Å²) in [6.45, 7) is 6.28. The predicted molar refractivity (Wildman–Crippen MR) is 79.4 cm³/mol.